The number of carbonyl (C=O) groups is 1. The number of para-hydroxylation sites is 1. The lowest BCUT2D eigenvalue weighted by Gasteiger charge is -2.25. The summed E-state index contributed by atoms with van der Waals surface area (Å²) in [5.74, 6) is 1.23. The fraction of sp³-hybridized carbons (Fsp3) is 0.526. The Labute approximate surface area is 152 Å². The number of thioether (sulfide) groups is 1. The number of amides is 1. The third-order valence-corrected chi connectivity index (χ3v) is 6.22. The molecule has 132 valence electrons. The molecule has 0 saturated carbocycles. The quantitative estimate of drug-likeness (QED) is 0.790. The van der Waals surface area contributed by atoms with Crippen LogP contribution >= 0.6 is 11.8 Å². The van der Waals surface area contributed by atoms with Gasteiger partial charge in [0.1, 0.15) is 5.82 Å². The number of carbonyl (C=O) groups excluding carboxylic acids is 1. The molecule has 0 spiro atoms. The lowest BCUT2D eigenvalue weighted by Crippen LogP contribution is -2.40. The van der Waals surface area contributed by atoms with Crippen molar-refractivity contribution in [2.45, 2.75) is 68.9 Å². The molecule has 2 aliphatic rings. The predicted molar refractivity (Wildman–Crippen MR) is 100.0 cm³/mol. The van der Waals surface area contributed by atoms with E-state index in [1.54, 1.807) is 11.8 Å². The second kappa shape index (κ2) is 6.83. The van der Waals surface area contributed by atoms with Crippen molar-refractivity contribution >= 4 is 23.4 Å². The van der Waals surface area contributed by atoms with Gasteiger partial charge in [-0.05, 0) is 44.7 Å². The van der Waals surface area contributed by atoms with Crippen molar-refractivity contribution in [1.82, 2.24) is 14.8 Å². The minimum Gasteiger partial charge on any atom is -0.308 e. The highest BCUT2D eigenvalue weighted by atomic mass is 32.2. The molecule has 4 rings (SSSR count). The van der Waals surface area contributed by atoms with Crippen molar-refractivity contribution in [3.8, 4) is 0 Å². The molecular weight excluding hydrogens is 332 g/mol. The van der Waals surface area contributed by atoms with Gasteiger partial charge in [0.15, 0.2) is 5.16 Å². The molecule has 0 radical (unpaired) electrons. The summed E-state index contributed by atoms with van der Waals surface area (Å²) >= 11 is 1.54. The van der Waals surface area contributed by atoms with Gasteiger partial charge in [-0.3, -0.25) is 4.79 Å². The Morgan fingerprint density at radius 3 is 2.96 bits per heavy atom. The number of fused-ring (bicyclic) bond motifs is 2. The van der Waals surface area contributed by atoms with Crippen LogP contribution in [0.2, 0.25) is 0 Å². The van der Waals surface area contributed by atoms with Crippen LogP contribution in [0.4, 0.5) is 5.69 Å². The number of hydrogen-bond acceptors (Lipinski definition) is 4. The van der Waals surface area contributed by atoms with Crippen LogP contribution in [0.3, 0.4) is 0 Å². The van der Waals surface area contributed by atoms with Crippen LogP contribution in [0.25, 0.3) is 0 Å². The van der Waals surface area contributed by atoms with E-state index in [-0.39, 0.29) is 17.2 Å². The van der Waals surface area contributed by atoms with Gasteiger partial charge >= 0.3 is 0 Å². The van der Waals surface area contributed by atoms with Crippen LogP contribution in [0.5, 0.6) is 0 Å². The number of anilines is 1. The van der Waals surface area contributed by atoms with E-state index < -0.39 is 0 Å². The van der Waals surface area contributed by atoms with Crippen molar-refractivity contribution in [3.63, 3.8) is 0 Å². The van der Waals surface area contributed by atoms with E-state index in [2.05, 4.69) is 33.8 Å². The Kier molecular flexibility index (Phi) is 4.54. The lowest BCUT2D eigenvalue weighted by atomic mass is 10.1. The van der Waals surface area contributed by atoms with Gasteiger partial charge in [0.25, 0.3) is 0 Å². The Hall–Kier alpha value is -1.82. The Balaban J connectivity index is 1.53. The third kappa shape index (κ3) is 3.08. The number of rotatable bonds is 3. The zero-order valence-electron chi connectivity index (χ0n) is 14.8. The predicted octanol–water partition coefficient (Wildman–Crippen LogP) is 3.46. The molecular formula is C19H24N4OS. The number of hydrogen-bond donors (Lipinski definition) is 0. The maximum absolute atomic E-state index is 13.1. The van der Waals surface area contributed by atoms with E-state index in [4.69, 9.17) is 0 Å². The van der Waals surface area contributed by atoms with Crippen LogP contribution in [0, 0.1) is 0 Å². The van der Waals surface area contributed by atoms with Crippen LogP contribution in [-0.2, 0) is 24.2 Å². The van der Waals surface area contributed by atoms with Crippen molar-refractivity contribution in [2.75, 3.05) is 4.90 Å². The second-order valence-corrected chi connectivity index (χ2v) is 8.32. The summed E-state index contributed by atoms with van der Waals surface area (Å²) in [6, 6.07) is 8.44. The molecule has 0 aliphatic carbocycles. The zero-order chi connectivity index (χ0) is 17.4. The molecule has 0 unspecified atom stereocenters. The molecule has 0 saturated heterocycles. The Morgan fingerprint density at radius 2 is 2.08 bits per heavy atom. The van der Waals surface area contributed by atoms with E-state index in [1.165, 1.54) is 18.4 Å². The minimum absolute atomic E-state index is 0.161. The normalized spacial score (nSPS) is 20.7. The molecule has 5 nitrogen and oxygen atoms in total. The molecule has 6 heteroatoms. The Bertz CT molecular complexity index is 787. The molecule has 3 heterocycles. The summed E-state index contributed by atoms with van der Waals surface area (Å²) in [4.78, 5) is 15.1. The molecule has 1 amide bonds. The first-order valence-electron chi connectivity index (χ1n) is 9.15. The highest BCUT2D eigenvalue weighted by Gasteiger charge is 2.34. The number of benzene rings is 1. The highest BCUT2D eigenvalue weighted by molar-refractivity contribution is 8.00. The van der Waals surface area contributed by atoms with Crippen LogP contribution in [-0.4, -0.2) is 32.0 Å². The van der Waals surface area contributed by atoms with Gasteiger partial charge in [0, 0.05) is 24.7 Å². The van der Waals surface area contributed by atoms with E-state index >= 15 is 0 Å². The van der Waals surface area contributed by atoms with Crippen LogP contribution in [0.15, 0.2) is 29.4 Å². The molecule has 1 aromatic carbocycles. The SMILES string of the molecule is C[C@@H](Sc1nnc2n1CCCCC2)C(=O)N1c2ccccc2C[C@@H]1C. The highest BCUT2D eigenvalue weighted by Crippen LogP contribution is 2.34. The van der Waals surface area contributed by atoms with E-state index in [9.17, 15) is 4.79 Å². The van der Waals surface area contributed by atoms with E-state index in [0.717, 1.165) is 42.5 Å². The van der Waals surface area contributed by atoms with E-state index in [0.29, 0.717) is 0 Å². The molecule has 2 aliphatic heterocycles. The van der Waals surface area contributed by atoms with Gasteiger partial charge < -0.3 is 9.47 Å². The average molecular weight is 356 g/mol. The third-order valence-electron chi connectivity index (χ3n) is 5.15. The molecule has 1 aromatic heterocycles. The monoisotopic (exact) mass is 356 g/mol. The first kappa shape index (κ1) is 16.6. The molecule has 2 aromatic rings. The molecule has 25 heavy (non-hydrogen) atoms. The first-order chi connectivity index (χ1) is 12.1. The topological polar surface area (TPSA) is 51.0 Å². The van der Waals surface area contributed by atoms with E-state index in [1.807, 2.05) is 24.0 Å². The number of aromatic nitrogens is 3. The fourth-order valence-corrected chi connectivity index (χ4v) is 4.79. The van der Waals surface area contributed by atoms with Crippen molar-refractivity contribution in [1.29, 1.82) is 0 Å². The smallest absolute Gasteiger partial charge is 0.240 e. The largest absolute Gasteiger partial charge is 0.308 e. The molecule has 0 fully saturated rings. The maximum Gasteiger partial charge on any atom is 0.240 e. The van der Waals surface area contributed by atoms with Gasteiger partial charge in [-0.25, -0.2) is 0 Å². The minimum atomic E-state index is -0.176. The van der Waals surface area contributed by atoms with Crippen molar-refractivity contribution in [3.05, 3.63) is 35.7 Å². The summed E-state index contributed by atoms with van der Waals surface area (Å²) in [6.45, 7) is 5.08. The van der Waals surface area contributed by atoms with Gasteiger partial charge in [-0.1, -0.05) is 36.4 Å². The fourth-order valence-electron chi connectivity index (χ4n) is 3.85. The Morgan fingerprint density at radius 1 is 1.24 bits per heavy atom. The van der Waals surface area contributed by atoms with Gasteiger partial charge in [0.2, 0.25) is 5.91 Å². The summed E-state index contributed by atoms with van der Waals surface area (Å²) in [5, 5.41) is 9.41. The van der Waals surface area contributed by atoms with Gasteiger partial charge in [-0.15, -0.1) is 10.2 Å². The van der Waals surface area contributed by atoms with Crippen molar-refractivity contribution in [2.24, 2.45) is 0 Å². The second-order valence-electron chi connectivity index (χ2n) is 7.01. The van der Waals surface area contributed by atoms with Gasteiger partial charge in [0.05, 0.1) is 5.25 Å². The maximum atomic E-state index is 13.1. The summed E-state index contributed by atoms with van der Waals surface area (Å²) in [5.41, 5.74) is 2.32. The molecule has 2 atom stereocenters. The van der Waals surface area contributed by atoms with Gasteiger partial charge in [-0.2, -0.15) is 0 Å². The van der Waals surface area contributed by atoms with Crippen LogP contribution in [0.1, 0.15) is 44.5 Å². The van der Waals surface area contributed by atoms with Crippen LogP contribution < -0.4 is 4.90 Å². The summed E-state index contributed by atoms with van der Waals surface area (Å²) in [7, 11) is 0. The first-order valence-corrected chi connectivity index (χ1v) is 10.0. The molecule has 0 N–H and O–H groups in total. The van der Waals surface area contributed by atoms with Crippen molar-refractivity contribution < 1.29 is 4.79 Å². The zero-order valence-corrected chi connectivity index (χ0v) is 15.6. The molecule has 0 bridgehead atoms. The summed E-state index contributed by atoms with van der Waals surface area (Å²) in [6.07, 6.45) is 5.51. The number of nitrogens with zero attached hydrogens (tertiary/aromatic N) is 4. The standard InChI is InChI=1S/C19H24N4OS/c1-13-12-15-8-5-6-9-16(15)23(13)18(24)14(2)25-19-21-20-17-10-4-3-7-11-22(17)19/h5-6,8-9,13-14H,3-4,7,10-12H2,1-2H3/t13-,14+/m0/s1. The average Bonchev–Trinajstić information content (AvgIpc) is 3.04. The number of aryl methyl sites for hydroxylation is 1. The summed E-state index contributed by atoms with van der Waals surface area (Å²) < 4.78 is 2.21. The lowest BCUT2D eigenvalue weighted by molar-refractivity contribution is -0.118.